The van der Waals surface area contributed by atoms with E-state index >= 15 is 0 Å². The molecule has 0 bridgehead atoms. The molecular formula is C16H31In. The molecule has 2 saturated carbocycles. The third-order valence-corrected chi connectivity index (χ3v) is 20.6. The van der Waals surface area contributed by atoms with E-state index in [0.29, 0.717) is 0 Å². The molecule has 98 valence electrons. The van der Waals surface area contributed by atoms with Gasteiger partial charge >= 0.3 is 117 Å². The minimum atomic E-state index is -1.40. The summed E-state index contributed by atoms with van der Waals surface area (Å²) in [5, 5.41) is 0. The zero-order valence-corrected chi connectivity index (χ0v) is 15.6. The normalized spacial score (nSPS) is 24.9. The van der Waals surface area contributed by atoms with Gasteiger partial charge in [-0.15, -0.1) is 0 Å². The molecule has 0 aliphatic heterocycles. The Kier molecular flexibility index (Phi) is 5.33. The monoisotopic (exact) mass is 338 g/mol. The van der Waals surface area contributed by atoms with Crippen LogP contribution in [-0.2, 0) is 0 Å². The summed E-state index contributed by atoms with van der Waals surface area (Å²) >= 11 is -1.40. The van der Waals surface area contributed by atoms with E-state index in [0.717, 1.165) is 3.17 Å². The standard InChI is InChI=1S/2C6H11.C4H9.In/c2*1-2-4-6-5-3-1;1-4(2)3;/h2*1H,2-6H2;1-3H3;. The molecule has 0 radical (unpaired) electrons. The Hall–Kier alpha value is 0.870. The van der Waals surface area contributed by atoms with Gasteiger partial charge in [0.2, 0.25) is 0 Å². The first-order valence-corrected chi connectivity index (χ1v) is 13.5. The molecule has 0 aromatic carbocycles. The second-order valence-electron chi connectivity index (χ2n) is 7.69. The second-order valence-corrected chi connectivity index (χ2v) is 21.0. The molecule has 2 fully saturated rings. The van der Waals surface area contributed by atoms with E-state index in [1.165, 1.54) is 20.2 Å². The van der Waals surface area contributed by atoms with Crippen LogP contribution in [0.5, 0.6) is 0 Å². The van der Waals surface area contributed by atoms with Crippen molar-refractivity contribution in [2.24, 2.45) is 0 Å². The van der Waals surface area contributed by atoms with Gasteiger partial charge in [-0.2, -0.15) is 0 Å². The van der Waals surface area contributed by atoms with Crippen molar-refractivity contribution in [1.82, 2.24) is 0 Å². The van der Waals surface area contributed by atoms with E-state index in [1.807, 2.05) is 0 Å². The molecule has 0 atom stereocenters. The average Bonchev–Trinajstić information content (AvgIpc) is 2.30. The van der Waals surface area contributed by atoms with Gasteiger partial charge < -0.3 is 0 Å². The molecule has 0 N–H and O–H groups in total. The Morgan fingerprint density at radius 3 is 1.29 bits per heavy atom. The van der Waals surface area contributed by atoms with Crippen molar-refractivity contribution < 1.29 is 0 Å². The fourth-order valence-corrected chi connectivity index (χ4v) is 21.8. The van der Waals surface area contributed by atoms with Gasteiger partial charge in [0.05, 0.1) is 0 Å². The molecular weight excluding hydrogens is 307 g/mol. The van der Waals surface area contributed by atoms with Crippen LogP contribution in [0.2, 0.25) is 10.5 Å². The second kappa shape index (κ2) is 6.35. The maximum atomic E-state index is 2.59. The fraction of sp³-hybridized carbons (Fsp3) is 1.00. The van der Waals surface area contributed by atoms with Crippen molar-refractivity contribution in [3.63, 3.8) is 0 Å². The van der Waals surface area contributed by atoms with E-state index in [2.05, 4.69) is 20.8 Å². The molecule has 0 nitrogen and oxygen atoms in total. The predicted molar refractivity (Wildman–Crippen MR) is 79.1 cm³/mol. The van der Waals surface area contributed by atoms with Crippen molar-refractivity contribution in [1.29, 1.82) is 0 Å². The molecule has 2 rings (SSSR count). The van der Waals surface area contributed by atoms with Gasteiger partial charge in [-0.05, 0) is 0 Å². The third-order valence-electron chi connectivity index (χ3n) is 5.32. The Morgan fingerprint density at radius 1 is 0.647 bits per heavy atom. The quantitative estimate of drug-likeness (QED) is 0.584. The summed E-state index contributed by atoms with van der Waals surface area (Å²) in [6.07, 6.45) is 15.8. The summed E-state index contributed by atoms with van der Waals surface area (Å²) in [4.78, 5) is 0. The molecule has 0 spiro atoms. The Balaban J connectivity index is 2.06. The SMILES string of the molecule is C[C](C)(C)[In]([CH]1CCCCC1)[CH]1CCCCC1. The van der Waals surface area contributed by atoms with Crippen LogP contribution in [0.15, 0.2) is 0 Å². The van der Waals surface area contributed by atoms with Crippen molar-refractivity contribution >= 4 is 21.4 Å². The third kappa shape index (κ3) is 3.91. The number of hydrogen-bond acceptors (Lipinski definition) is 0. The van der Waals surface area contributed by atoms with E-state index in [9.17, 15) is 0 Å². The summed E-state index contributed by atoms with van der Waals surface area (Å²) in [7, 11) is 0. The molecule has 1 heteroatoms. The molecule has 0 aromatic rings. The van der Waals surface area contributed by atoms with Gasteiger partial charge in [-0.1, -0.05) is 0 Å². The summed E-state index contributed by atoms with van der Waals surface area (Å²) in [5.41, 5.74) is 0. The molecule has 0 aromatic heterocycles. The summed E-state index contributed by atoms with van der Waals surface area (Å²) in [6.45, 7) is 7.78. The first-order valence-electron chi connectivity index (χ1n) is 8.09. The first-order chi connectivity index (χ1) is 8.09. The average molecular weight is 338 g/mol. The van der Waals surface area contributed by atoms with Crippen LogP contribution < -0.4 is 0 Å². The van der Waals surface area contributed by atoms with Gasteiger partial charge in [0.25, 0.3) is 0 Å². The fourth-order valence-electron chi connectivity index (χ4n) is 4.79. The zero-order chi connectivity index (χ0) is 12.3. The van der Waals surface area contributed by atoms with Crippen LogP contribution in [0.3, 0.4) is 0 Å². The van der Waals surface area contributed by atoms with Gasteiger partial charge in [0.15, 0.2) is 0 Å². The Labute approximate surface area is 116 Å². The molecule has 0 amide bonds. The van der Waals surface area contributed by atoms with Gasteiger partial charge in [0, 0.05) is 0 Å². The van der Waals surface area contributed by atoms with Crippen molar-refractivity contribution in [3.8, 4) is 0 Å². The van der Waals surface area contributed by atoms with Crippen LogP contribution in [0.1, 0.15) is 85.0 Å². The predicted octanol–water partition coefficient (Wildman–Crippen LogP) is 5.95. The number of hydrogen-bond donors (Lipinski definition) is 0. The minimum absolute atomic E-state index is 0.742. The van der Waals surface area contributed by atoms with Crippen LogP contribution >= 0.6 is 0 Å². The first kappa shape index (κ1) is 14.3. The maximum absolute atomic E-state index is 2.59. The molecule has 2 aliphatic rings. The summed E-state index contributed by atoms with van der Waals surface area (Å²) < 4.78 is 3.26. The Bertz CT molecular complexity index is 198. The topological polar surface area (TPSA) is 0 Å². The van der Waals surface area contributed by atoms with Crippen molar-refractivity contribution in [2.75, 3.05) is 0 Å². The van der Waals surface area contributed by atoms with Crippen molar-refractivity contribution in [2.45, 2.75) is 95.5 Å². The molecule has 0 heterocycles. The van der Waals surface area contributed by atoms with Crippen LogP contribution in [-0.4, -0.2) is 21.4 Å². The van der Waals surface area contributed by atoms with E-state index in [1.54, 1.807) is 51.4 Å². The summed E-state index contributed by atoms with van der Waals surface area (Å²) in [6, 6.07) is 0. The Morgan fingerprint density at radius 2 is 1.00 bits per heavy atom. The van der Waals surface area contributed by atoms with Gasteiger partial charge in [-0.3, -0.25) is 0 Å². The molecule has 2 aliphatic carbocycles. The van der Waals surface area contributed by atoms with E-state index < -0.39 is 21.4 Å². The van der Waals surface area contributed by atoms with Gasteiger partial charge in [0.1, 0.15) is 0 Å². The van der Waals surface area contributed by atoms with E-state index in [-0.39, 0.29) is 0 Å². The molecule has 17 heavy (non-hydrogen) atoms. The van der Waals surface area contributed by atoms with Gasteiger partial charge in [-0.25, -0.2) is 0 Å². The van der Waals surface area contributed by atoms with E-state index in [4.69, 9.17) is 0 Å². The zero-order valence-electron chi connectivity index (χ0n) is 12.3. The molecule has 0 saturated heterocycles. The van der Waals surface area contributed by atoms with Crippen LogP contribution in [0, 0.1) is 0 Å². The summed E-state index contributed by atoms with van der Waals surface area (Å²) in [5.74, 6) is 0. The van der Waals surface area contributed by atoms with Crippen molar-refractivity contribution in [3.05, 3.63) is 0 Å². The van der Waals surface area contributed by atoms with Crippen LogP contribution in [0.25, 0.3) is 0 Å². The molecule has 0 unspecified atom stereocenters. The van der Waals surface area contributed by atoms with Crippen LogP contribution in [0.4, 0.5) is 0 Å². The number of rotatable bonds is 2.